The molecule has 1 atom stereocenters. The molecule has 1 amide bonds. The third kappa shape index (κ3) is 4.19. The maximum atomic E-state index is 12.3. The van der Waals surface area contributed by atoms with Gasteiger partial charge in [-0.2, -0.15) is 0 Å². The molecule has 1 aromatic carbocycles. The van der Waals surface area contributed by atoms with Crippen LogP contribution in [0.15, 0.2) is 34.7 Å². The number of piperidine rings is 2. The highest BCUT2D eigenvalue weighted by Gasteiger charge is 2.41. The van der Waals surface area contributed by atoms with E-state index in [2.05, 4.69) is 28.0 Å². The summed E-state index contributed by atoms with van der Waals surface area (Å²) in [5.74, 6) is 1.35. The molecule has 4 rings (SSSR count). The fourth-order valence-electron chi connectivity index (χ4n) is 4.82. The first kappa shape index (κ1) is 18.5. The molecule has 1 unspecified atom stereocenters. The van der Waals surface area contributed by atoms with Gasteiger partial charge in [-0.15, -0.1) is 0 Å². The molecule has 0 bridgehead atoms. The average molecular weight is 370 g/mol. The zero-order valence-electron chi connectivity index (χ0n) is 16.3. The van der Waals surface area contributed by atoms with Gasteiger partial charge in [0.25, 0.3) is 0 Å². The molecule has 0 radical (unpaired) electrons. The summed E-state index contributed by atoms with van der Waals surface area (Å²) in [5, 5.41) is 1.17. The fourth-order valence-corrected chi connectivity index (χ4v) is 4.82. The van der Waals surface area contributed by atoms with E-state index in [1.807, 2.05) is 12.1 Å². The molecule has 27 heavy (non-hydrogen) atoms. The summed E-state index contributed by atoms with van der Waals surface area (Å²) < 4.78 is 11.2. The number of carbonyl (C=O) groups excluding carboxylic acids is 1. The molecule has 0 saturated carbocycles. The Bertz CT molecular complexity index is 754. The van der Waals surface area contributed by atoms with Crippen molar-refractivity contribution in [1.82, 2.24) is 9.80 Å². The van der Waals surface area contributed by atoms with Gasteiger partial charge in [0.05, 0.1) is 6.54 Å². The van der Waals surface area contributed by atoms with Crippen LogP contribution in [-0.4, -0.2) is 55.6 Å². The summed E-state index contributed by atoms with van der Waals surface area (Å²) in [6, 6.07) is 10.4. The summed E-state index contributed by atoms with van der Waals surface area (Å²) in [6.07, 6.45) is 5.04. The number of likely N-dealkylation sites (tertiary alicyclic amines) is 2. The van der Waals surface area contributed by atoms with Gasteiger partial charge in [0.2, 0.25) is 5.91 Å². The van der Waals surface area contributed by atoms with Gasteiger partial charge < -0.3 is 14.1 Å². The van der Waals surface area contributed by atoms with E-state index in [1.54, 1.807) is 7.11 Å². The average Bonchev–Trinajstić information content (AvgIpc) is 3.07. The molecule has 0 N–H and O–H groups in total. The SMILES string of the molecule is COCCCN1CC2(CCCN(Cc3cc4ccccc4o3)C2)CCC1=O. The van der Waals surface area contributed by atoms with Crippen molar-refractivity contribution < 1.29 is 13.9 Å². The second-order valence-electron chi connectivity index (χ2n) is 8.23. The number of ether oxygens (including phenoxy) is 1. The minimum atomic E-state index is 0.241. The van der Waals surface area contributed by atoms with Crippen LogP contribution in [0.25, 0.3) is 11.0 Å². The number of nitrogens with zero attached hydrogens (tertiary/aromatic N) is 2. The van der Waals surface area contributed by atoms with Gasteiger partial charge >= 0.3 is 0 Å². The third-order valence-electron chi connectivity index (χ3n) is 6.12. The lowest BCUT2D eigenvalue weighted by Gasteiger charge is -2.48. The predicted molar refractivity (Wildman–Crippen MR) is 105 cm³/mol. The molecule has 2 aliphatic heterocycles. The van der Waals surface area contributed by atoms with Crippen molar-refractivity contribution in [2.24, 2.45) is 5.41 Å². The molecule has 1 aromatic heterocycles. The minimum Gasteiger partial charge on any atom is -0.460 e. The van der Waals surface area contributed by atoms with Crippen LogP contribution in [0.3, 0.4) is 0 Å². The van der Waals surface area contributed by atoms with Crippen molar-refractivity contribution in [3.63, 3.8) is 0 Å². The van der Waals surface area contributed by atoms with E-state index in [0.29, 0.717) is 12.3 Å². The van der Waals surface area contributed by atoms with Crippen LogP contribution in [0, 0.1) is 5.41 Å². The van der Waals surface area contributed by atoms with Crippen molar-refractivity contribution in [3.8, 4) is 0 Å². The summed E-state index contributed by atoms with van der Waals surface area (Å²) >= 11 is 0. The molecule has 146 valence electrons. The molecule has 3 heterocycles. The number of benzene rings is 1. The van der Waals surface area contributed by atoms with Crippen LogP contribution in [0.1, 0.15) is 37.9 Å². The molecule has 2 fully saturated rings. The second kappa shape index (κ2) is 8.03. The Labute approximate surface area is 161 Å². The van der Waals surface area contributed by atoms with Crippen molar-refractivity contribution in [1.29, 1.82) is 0 Å². The van der Waals surface area contributed by atoms with E-state index in [4.69, 9.17) is 9.15 Å². The molecule has 5 nitrogen and oxygen atoms in total. The van der Waals surface area contributed by atoms with Gasteiger partial charge in [0.1, 0.15) is 11.3 Å². The van der Waals surface area contributed by atoms with Crippen LogP contribution < -0.4 is 0 Å². The second-order valence-corrected chi connectivity index (χ2v) is 8.23. The van der Waals surface area contributed by atoms with E-state index in [9.17, 15) is 4.79 Å². The summed E-state index contributed by atoms with van der Waals surface area (Å²) in [5.41, 5.74) is 1.21. The van der Waals surface area contributed by atoms with E-state index in [-0.39, 0.29) is 5.41 Å². The lowest BCUT2D eigenvalue weighted by Crippen LogP contribution is -2.54. The number of hydrogen-bond donors (Lipinski definition) is 0. The van der Waals surface area contributed by atoms with E-state index in [0.717, 1.165) is 63.5 Å². The number of amides is 1. The van der Waals surface area contributed by atoms with Crippen LogP contribution in [0.2, 0.25) is 0 Å². The van der Waals surface area contributed by atoms with Crippen LogP contribution >= 0.6 is 0 Å². The summed E-state index contributed by atoms with van der Waals surface area (Å²) in [4.78, 5) is 16.9. The number of para-hydroxylation sites is 1. The Morgan fingerprint density at radius 1 is 1.22 bits per heavy atom. The van der Waals surface area contributed by atoms with Crippen molar-refractivity contribution >= 4 is 16.9 Å². The van der Waals surface area contributed by atoms with E-state index < -0.39 is 0 Å². The zero-order valence-corrected chi connectivity index (χ0v) is 16.3. The standard InChI is InChI=1S/C22H30N2O3/c1-26-13-5-12-24-17-22(10-8-21(24)25)9-4-11-23(16-22)15-19-14-18-6-2-3-7-20(18)27-19/h2-3,6-7,14H,4-5,8-13,15-17H2,1H3. The monoisotopic (exact) mass is 370 g/mol. The smallest absolute Gasteiger partial charge is 0.222 e. The lowest BCUT2D eigenvalue weighted by molar-refractivity contribution is -0.139. The Balaban J connectivity index is 1.41. The number of rotatable bonds is 6. The number of furan rings is 1. The quantitative estimate of drug-likeness (QED) is 0.728. The Morgan fingerprint density at radius 3 is 2.96 bits per heavy atom. The molecular weight excluding hydrogens is 340 g/mol. The zero-order chi connectivity index (χ0) is 18.7. The Hall–Kier alpha value is -1.85. The van der Waals surface area contributed by atoms with Crippen molar-refractivity contribution in [2.45, 2.75) is 38.6 Å². The molecule has 0 aliphatic carbocycles. The van der Waals surface area contributed by atoms with Crippen LogP contribution in [0.5, 0.6) is 0 Å². The fraction of sp³-hybridized carbons (Fsp3) is 0.591. The topological polar surface area (TPSA) is 45.9 Å². The van der Waals surface area contributed by atoms with Gasteiger partial charge in [0, 0.05) is 50.6 Å². The normalized spacial score (nSPS) is 24.2. The maximum absolute atomic E-state index is 12.3. The Kier molecular flexibility index (Phi) is 5.50. The van der Waals surface area contributed by atoms with Crippen molar-refractivity contribution in [2.75, 3.05) is 39.9 Å². The highest BCUT2D eigenvalue weighted by molar-refractivity contribution is 5.78. The predicted octanol–water partition coefficient (Wildman–Crippen LogP) is 3.67. The molecule has 1 spiro atoms. The summed E-state index contributed by atoms with van der Waals surface area (Å²) in [6.45, 7) is 5.45. The molecule has 2 aliphatic rings. The van der Waals surface area contributed by atoms with Crippen LogP contribution in [0.4, 0.5) is 0 Å². The largest absolute Gasteiger partial charge is 0.460 e. The van der Waals surface area contributed by atoms with Gasteiger partial charge in [-0.1, -0.05) is 18.2 Å². The van der Waals surface area contributed by atoms with Crippen LogP contribution in [-0.2, 0) is 16.1 Å². The molecule has 2 saturated heterocycles. The number of fused-ring (bicyclic) bond motifs is 1. The Morgan fingerprint density at radius 2 is 2.11 bits per heavy atom. The first-order valence-corrected chi connectivity index (χ1v) is 10.1. The molecular formula is C22H30N2O3. The lowest BCUT2D eigenvalue weighted by atomic mass is 9.73. The maximum Gasteiger partial charge on any atom is 0.222 e. The van der Waals surface area contributed by atoms with Gasteiger partial charge in [-0.05, 0) is 44.4 Å². The minimum absolute atomic E-state index is 0.241. The van der Waals surface area contributed by atoms with Crippen molar-refractivity contribution in [3.05, 3.63) is 36.1 Å². The first-order chi connectivity index (χ1) is 13.2. The summed E-state index contributed by atoms with van der Waals surface area (Å²) in [7, 11) is 1.72. The molecule has 2 aromatic rings. The first-order valence-electron chi connectivity index (χ1n) is 10.1. The third-order valence-corrected chi connectivity index (χ3v) is 6.12. The number of carbonyl (C=O) groups is 1. The number of methoxy groups -OCH3 is 1. The van der Waals surface area contributed by atoms with E-state index >= 15 is 0 Å². The number of hydrogen-bond acceptors (Lipinski definition) is 4. The van der Waals surface area contributed by atoms with Gasteiger partial charge in [0.15, 0.2) is 0 Å². The molecule has 5 heteroatoms. The van der Waals surface area contributed by atoms with Gasteiger partial charge in [-0.3, -0.25) is 9.69 Å². The highest BCUT2D eigenvalue weighted by atomic mass is 16.5. The highest BCUT2D eigenvalue weighted by Crippen LogP contribution is 2.39. The van der Waals surface area contributed by atoms with Gasteiger partial charge in [-0.25, -0.2) is 0 Å². The van der Waals surface area contributed by atoms with E-state index in [1.165, 1.54) is 18.2 Å².